The number of hydrogen-bond acceptors (Lipinski definition) is 4. The Morgan fingerprint density at radius 2 is 2.10 bits per heavy atom. The molecule has 110 valence electrons. The molecule has 1 heterocycles. The maximum atomic E-state index is 11.8. The van der Waals surface area contributed by atoms with Crippen LogP contribution in [0.1, 0.15) is 26.7 Å². The van der Waals surface area contributed by atoms with Crippen LogP contribution in [-0.4, -0.2) is 34.7 Å². The Hall–Kier alpha value is -2.31. The van der Waals surface area contributed by atoms with Crippen LogP contribution in [0.2, 0.25) is 0 Å². The second kappa shape index (κ2) is 6.74. The number of aromatic nitrogens is 1. The lowest BCUT2D eigenvalue weighted by Gasteiger charge is -2.25. The summed E-state index contributed by atoms with van der Waals surface area (Å²) in [5.41, 5.74) is -0.0834. The van der Waals surface area contributed by atoms with Crippen LogP contribution in [0.25, 0.3) is 0 Å². The Balaban J connectivity index is 2.51. The fourth-order valence-electron chi connectivity index (χ4n) is 1.53. The van der Waals surface area contributed by atoms with E-state index in [-0.39, 0.29) is 6.42 Å². The van der Waals surface area contributed by atoms with Crippen molar-refractivity contribution in [3.63, 3.8) is 0 Å². The smallest absolute Gasteiger partial charge is 0.319 e. The van der Waals surface area contributed by atoms with Crippen molar-refractivity contribution in [2.45, 2.75) is 32.2 Å². The molecule has 0 radical (unpaired) electrons. The SMILES string of the molecule is COc1ccc(NC(=O)NC(C)(C)CCC(=O)O)cn1. The summed E-state index contributed by atoms with van der Waals surface area (Å²) in [7, 11) is 1.51. The summed E-state index contributed by atoms with van der Waals surface area (Å²) in [5.74, 6) is -0.433. The van der Waals surface area contributed by atoms with Crippen molar-refractivity contribution in [2.24, 2.45) is 0 Å². The summed E-state index contributed by atoms with van der Waals surface area (Å²) in [6, 6.07) is 2.88. The number of nitrogens with zero attached hydrogens (tertiary/aromatic N) is 1. The number of methoxy groups -OCH3 is 1. The van der Waals surface area contributed by atoms with E-state index in [0.29, 0.717) is 18.0 Å². The van der Waals surface area contributed by atoms with Crippen LogP contribution >= 0.6 is 0 Å². The Morgan fingerprint density at radius 1 is 1.40 bits per heavy atom. The van der Waals surface area contributed by atoms with Crippen LogP contribution < -0.4 is 15.4 Å². The third-order valence-electron chi connectivity index (χ3n) is 2.62. The molecule has 0 aliphatic heterocycles. The highest BCUT2D eigenvalue weighted by Gasteiger charge is 2.21. The maximum absolute atomic E-state index is 11.8. The van der Waals surface area contributed by atoms with Crippen LogP contribution in [0, 0.1) is 0 Å². The van der Waals surface area contributed by atoms with E-state index in [1.807, 2.05) is 0 Å². The number of aliphatic carboxylic acids is 1. The number of rotatable bonds is 6. The van der Waals surface area contributed by atoms with Gasteiger partial charge in [0.1, 0.15) is 0 Å². The molecule has 20 heavy (non-hydrogen) atoms. The molecule has 2 amide bonds. The molecule has 1 rings (SSSR count). The molecule has 0 bridgehead atoms. The molecule has 0 aliphatic rings. The Morgan fingerprint density at radius 3 is 2.60 bits per heavy atom. The molecule has 0 spiro atoms. The Bertz CT molecular complexity index is 471. The summed E-state index contributed by atoms with van der Waals surface area (Å²) < 4.78 is 4.91. The van der Waals surface area contributed by atoms with Crippen molar-refractivity contribution in [2.75, 3.05) is 12.4 Å². The van der Waals surface area contributed by atoms with E-state index >= 15 is 0 Å². The fraction of sp³-hybridized carbons (Fsp3) is 0.462. The molecule has 1 aromatic heterocycles. The van der Waals surface area contributed by atoms with Gasteiger partial charge in [0.25, 0.3) is 0 Å². The third kappa shape index (κ3) is 5.55. The predicted octanol–water partition coefficient (Wildman–Crippen LogP) is 1.86. The molecule has 0 unspecified atom stereocenters. The molecule has 0 aromatic carbocycles. The number of carbonyl (C=O) groups is 2. The van der Waals surface area contributed by atoms with Crippen LogP contribution in [-0.2, 0) is 4.79 Å². The zero-order valence-electron chi connectivity index (χ0n) is 11.8. The number of hydrogen-bond donors (Lipinski definition) is 3. The topological polar surface area (TPSA) is 101 Å². The molecule has 7 nitrogen and oxygen atoms in total. The molecule has 0 saturated carbocycles. The summed E-state index contributed by atoms with van der Waals surface area (Å²) in [4.78, 5) is 26.3. The van der Waals surface area contributed by atoms with Gasteiger partial charge in [0.05, 0.1) is 19.0 Å². The minimum Gasteiger partial charge on any atom is -0.481 e. The highest BCUT2D eigenvalue weighted by atomic mass is 16.5. The van der Waals surface area contributed by atoms with E-state index in [0.717, 1.165) is 0 Å². The van der Waals surface area contributed by atoms with Crippen molar-refractivity contribution in [1.82, 2.24) is 10.3 Å². The van der Waals surface area contributed by atoms with Gasteiger partial charge in [-0.2, -0.15) is 0 Å². The number of carboxylic acid groups (broad SMARTS) is 1. The fourth-order valence-corrected chi connectivity index (χ4v) is 1.53. The first-order valence-electron chi connectivity index (χ1n) is 6.13. The average molecular weight is 281 g/mol. The lowest BCUT2D eigenvalue weighted by atomic mass is 9.99. The van der Waals surface area contributed by atoms with E-state index in [9.17, 15) is 9.59 Å². The Kier molecular flexibility index (Phi) is 5.31. The molecule has 1 aromatic rings. The molecular weight excluding hydrogens is 262 g/mol. The summed E-state index contributed by atoms with van der Waals surface area (Å²) >= 11 is 0. The van der Waals surface area contributed by atoms with E-state index in [1.54, 1.807) is 26.0 Å². The zero-order chi connectivity index (χ0) is 15.2. The van der Waals surface area contributed by atoms with Gasteiger partial charge in [-0.15, -0.1) is 0 Å². The normalized spacial score (nSPS) is 10.8. The Labute approximate surface area is 117 Å². The van der Waals surface area contributed by atoms with Crippen molar-refractivity contribution < 1.29 is 19.4 Å². The molecule has 7 heteroatoms. The number of urea groups is 1. The van der Waals surface area contributed by atoms with Gasteiger partial charge in [0.2, 0.25) is 5.88 Å². The number of amides is 2. The standard InChI is InChI=1S/C13H19N3O4/c1-13(2,7-6-11(17)18)16-12(19)15-9-4-5-10(20-3)14-8-9/h4-5,8H,6-7H2,1-3H3,(H,17,18)(H2,15,16,19). The van der Waals surface area contributed by atoms with Crippen LogP contribution in [0.15, 0.2) is 18.3 Å². The average Bonchev–Trinajstić information content (AvgIpc) is 2.37. The number of carboxylic acids is 1. The minimum absolute atomic E-state index is 0.00261. The predicted molar refractivity (Wildman–Crippen MR) is 73.9 cm³/mol. The van der Waals surface area contributed by atoms with Crippen molar-refractivity contribution in [1.29, 1.82) is 0 Å². The zero-order valence-corrected chi connectivity index (χ0v) is 11.8. The van der Waals surface area contributed by atoms with Gasteiger partial charge in [-0.3, -0.25) is 4.79 Å². The molecule has 0 saturated heterocycles. The lowest BCUT2D eigenvalue weighted by Crippen LogP contribution is -2.45. The number of nitrogens with one attached hydrogen (secondary N) is 2. The van der Waals surface area contributed by atoms with Crippen molar-refractivity contribution in [3.8, 4) is 5.88 Å². The monoisotopic (exact) mass is 281 g/mol. The van der Waals surface area contributed by atoms with Gasteiger partial charge in [0.15, 0.2) is 0 Å². The van der Waals surface area contributed by atoms with E-state index in [2.05, 4.69) is 15.6 Å². The van der Waals surface area contributed by atoms with Crippen LogP contribution in [0.4, 0.5) is 10.5 Å². The molecule has 0 fully saturated rings. The highest BCUT2D eigenvalue weighted by molar-refractivity contribution is 5.89. The quantitative estimate of drug-likeness (QED) is 0.738. The minimum atomic E-state index is -0.889. The van der Waals surface area contributed by atoms with Gasteiger partial charge >= 0.3 is 12.0 Å². The maximum Gasteiger partial charge on any atom is 0.319 e. The largest absolute Gasteiger partial charge is 0.481 e. The molecule has 0 atom stereocenters. The first kappa shape index (κ1) is 15.7. The van der Waals surface area contributed by atoms with Gasteiger partial charge in [0, 0.05) is 18.0 Å². The van der Waals surface area contributed by atoms with Crippen molar-refractivity contribution in [3.05, 3.63) is 18.3 Å². The second-order valence-corrected chi connectivity index (χ2v) is 4.95. The molecule has 0 aliphatic carbocycles. The number of carbonyl (C=O) groups excluding carboxylic acids is 1. The lowest BCUT2D eigenvalue weighted by molar-refractivity contribution is -0.137. The van der Waals surface area contributed by atoms with Gasteiger partial charge in [-0.25, -0.2) is 9.78 Å². The van der Waals surface area contributed by atoms with Crippen molar-refractivity contribution >= 4 is 17.7 Å². The number of pyridine rings is 1. The van der Waals surface area contributed by atoms with Crippen LogP contribution in [0.3, 0.4) is 0 Å². The first-order chi connectivity index (χ1) is 9.32. The summed E-state index contributed by atoms with van der Waals surface area (Å²) in [6.45, 7) is 3.53. The van der Waals surface area contributed by atoms with E-state index in [4.69, 9.17) is 9.84 Å². The molecule has 3 N–H and O–H groups in total. The van der Waals surface area contributed by atoms with Crippen LogP contribution in [0.5, 0.6) is 5.88 Å². The highest BCUT2D eigenvalue weighted by Crippen LogP contribution is 2.13. The van der Waals surface area contributed by atoms with Gasteiger partial charge in [-0.1, -0.05) is 0 Å². The van der Waals surface area contributed by atoms with E-state index in [1.165, 1.54) is 13.3 Å². The summed E-state index contributed by atoms with van der Waals surface area (Å²) in [6.07, 6.45) is 1.82. The number of anilines is 1. The van der Waals surface area contributed by atoms with E-state index < -0.39 is 17.5 Å². The second-order valence-electron chi connectivity index (χ2n) is 4.95. The van der Waals surface area contributed by atoms with Gasteiger partial charge < -0.3 is 20.5 Å². The first-order valence-corrected chi connectivity index (χ1v) is 6.13. The number of ether oxygens (including phenoxy) is 1. The van der Waals surface area contributed by atoms with Gasteiger partial charge in [-0.05, 0) is 26.3 Å². The molecular formula is C13H19N3O4. The summed E-state index contributed by atoms with van der Waals surface area (Å²) in [5, 5.41) is 14.0. The third-order valence-corrected chi connectivity index (χ3v) is 2.62.